The fraction of sp³-hybridized carbons (Fsp3) is 0.304. The first-order valence-electron chi connectivity index (χ1n) is 9.48. The average Bonchev–Trinajstić information content (AvgIpc) is 2.92. The van der Waals surface area contributed by atoms with Crippen LogP contribution >= 0.6 is 0 Å². The number of carbonyl (C=O) groups is 1. The minimum Gasteiger partial charge on any atom is -0.460 e. The Bertz CT molecular complexity index is 1110. The van der Waals surface area contributed by atoms with Crippen molar-refractivity contribution in [3.05, 3.63) is 80.8 Å². The van der Waals surface area contributed by atoms with Crippen LogP contribution in [-0.4, -0.2) is 10.5 Å². The molecule has 0 fully saturated rings. The van der Waals surface area contributed by atoms with Crippen LogP contribution in [-0.2, 0) is 21.6 Å². The zero-order valence-electron chi connectivity index (χ0n) is 16.4. The summed E-state index contributed by atoms with van der Waals surface area (Å²) in [5, 5.41) is 0. The first-order valence-corrected chi connectivity index (χ1v) is 9.48. The zero-order chi connectivity index (χ0) is 20.2. The van der Waals surface area contributed by atoms with E-state index in [9.17, 15) is 9.59 Å². The van der Waals surface area contributed by atoms with E-state index < -0.39 is 11.6 Å². The lowest BCUT2D eigenvalue weighted by Gasteiger charge is -2.33. The van der Waals surface area contributed by atoms with Crippen molar-refractivity contribution < 1.29 is 9.53 Å². The molecule has 2 atom stereocenters. The van der Waals surface area contributed by atoms with Crippen LogP contribution in [0.1, 0.15) is 54.4 Å². The van der Waals surface area contributed by atoms with Crippen LogP contribution in [0.5, 0.6) is 0 Å². The van der Waals surface area contributed by atoms with Gasteiger partial charge in [-0.3, -0.25) is 14.2 Å². The van der Waals surface area contributed by atoms with Crippen LogP contribution in [0, 0.1) is 6.92 Å². The van der Waals surface area contributed by atoms with Crippen LogP contribution in [0.25, 0.3) is 11.6 Å². The molecule has 5 heteroatoms. The summed E-state index contributed by atoms with van der Waals surface area (Å²) >= 11 is 0. The number of nitrogens with zero attached hydrogens (tertiary/aromatic N) is 1. The highest BCUT2D eigenvalue weighted by Crippen LogP contribution is 2.41. The molecule has 0 spiro atoms. The van der Waals surface area contributed by atoms with Crippen molar-refractivity contribution in [2.45, 2.75) is 45.4 Å². The van der Waals surface area contributed by atoms with Crippen LogP contribution in [0.2, 0.25) is 0 Å². The molecule has 5 nitrogen and oxygen atoms in total. The van der Waals surface area contributed by atoms with Crippen LogP contribution in [0.3, 0.4) is 0 Å². The number of esters is 1. The van der Waals surface area contributed by atoms with E-state index >= 15 is 0 Å². The lowest BCUT2D eigenvalue weighted by atomic mass is 9.76. The van der Waals surface area contributed by atoms with E-state index in [0.29, 0.717) is 23.3 Å². The van der Waals surface area contributed by atoms with Crippen LogP contribution in [0.15, 0.2) is 47.3 Å². The smallest absolute Gasteiger partial charge is 0.316 e. The second-order valence-corrected chi connectivity index (χ2v) is 7.74. The number of aryl methyl sites for hydroxylation is 1. The normalized spacial score (nSPS) is 24.9. The molecule has 1 aromatic carbocycles. The molecule has 2 aliphatic rings. The lowest BCUT2D eigenvalue weighted by molar-refractivity contribution is -0.153. The SMILES string of the molecule is C=C1/C(=C\c2ccccc2C)C(N)n2c1cc1c(c2=O)COC(=O)C1(C)CC. The number of cyclic esters (lactones) is 1. The molecule has 4 rings (SSSR count). The molecule has 2 unspecified atom stereocenters. The van der Waals surface area contributed by atoms with Crippen LogP contribution in [0.4, 0.5) is 0 Å². The predicted molar refractivity (Wildman–Crippen MR) is 110 cm³/mol. The van der Waals surface area contributed by atoms with Gasteiger partial charge in [0.05, 0.1) is 16.7 Å². The lowest BCUT2D eigenvalue weighted by Crippen LogP contribution is -2.43. The van der Waals surface area contributed by atoms with E-state index in [4.69, 9.17) is 10.5 Å². The topological polar surface area (TPSA) is 74.3 Å². The summed E-state index contributed by atoms with van der Waals surface area (Å²) < 4.78 is 6.89. The van der Waals surface area contributed by atoms with Gasteiger partial charge in [0.1, 0.15) is 12.8 Å². The van der Waals surface area contributed by atoms with Gasteiger partial charge in [-0.1, -0.05) is 37.8 Å². The van der Waals surface area contributed by atoms with E-state index in [2.05, 4.69) is 6.58 Å². The third-order valence-corrected chi connectivity index (χ3v) is 6.20. The largest absolute Gasteiger partial charge is 0.460 e. The standard InChI is InChI=1S/C23H24N2O3/c1-5-23(4)18-11-19-14(3)16(10-15-9-7-6-8-13(15)2)20(24)25(19)21(26)17(18)12-28-22(23)27/h6-11,20H,3,5,12,24H2,1-2,4H3/b16-10+. The van der Waals surface area contributed by atoms with Gasteiger partial charge in [-0.2, -0.15) is 0 Å². The predicted octanol–water partition coefficient (Wildman–Crippen LogP) is 3.45. The Morgan fingerprint density at radius 1 is 1.36 bits per heavy atom. The Morgan fingerprint density at radius 3 is 2.75 bits per heavy atom. The van der Waals surface area contributed by atoms with Crippen LogP contribution < -0.4 is 11.3 Å². The first kappa shape index (κ1) is 18.4. The summed E-state index contributed by atoms with van der Waals surface area (Å²) in [4.78, 5) is 25.7. The average molecular weight is 376 g/mol. The van der Waals surface area contributed by atoms with Crippen molar-refractivity contribution >= 4 is 17.6 Å². The van der Waals surface area contributed by atoms with Crippen molar-refractivity contribution in [3.8, 4) is 0 Å². The van der Waals surface area contributed by atoms with Gasteiger partial charge >= 0.3 is 5.97 Å². The molecule has 28 heavy (non-hydrogen) atoms. The van der Waals surface area contributed by atoms with Crippen molar-refractivity contribution in [1.82, 2.24) is 4.57 Å². The maximum Gasteiger partial charge on any atom is 0.316 e. The van der Waals surface area contributed by atoms with Gasteiger partial charge in [0.25, 0.3) is 5.56 Å². The van der Waals surface area contributed by atoms with Gasteiger partial charge < -0.3 is 10.5 Å². The number of pyridine rings is 1. The molecule has 0 amide bonds. The number of rotatable bonds is 2. The molecule has 144 valence electrons. The minimum absolute atomic E-state index is 0.0150. The minimum atomic E-state index is -0.838. The third-order valence-electron chi connectivity index (χ3n) is 6.20. The number of fused-ring (bicyclic) bond motifs is 2. The van der Waals surface area contributed by atoms with E-state index in [-0.39, 0.29) is 18.1 Å². The second-order valence-electron chi connectivity index (χ2n) is 7.74. The number of ether oxygens (including phenoxy) is 1. The zero-order valence-corrected chi connectivity index (χ0v) is 16.4. The number of benzene rings is 1. The molecule has 2 N–H and O–H groups in total. The van der Waals surface area contributed by atoms with Crippen molar-refractivity contribution in [2.75, 3.05) is 0 Å². The Kier molecular flexibility index (Phi) is 4.16. The van der Waals surface area contributed by atoms with E-state index in [1.807, 2.05) is 57.2 Å². The van der Waals surface area contributed by atoms with Gasteiger partial charge in [-0.05, 0) is 60.2 Å². The maximum absolute atomic E-state index is 13.3. The van der Waals surface area contributed by atoms with E-state index in [1.165, 1.54) is 0 Å². The summed E-state index contributed by atoms with van der Waals surface area (Å²) in [5.74, 6) is -0.296. The van der Waals surface area contributed by atoms with Crippen molar-refractivity contribution in [3.63, 3.8) is 0 Å². The summed E-state index contributed by atoms with van der Waals surface area (Å²) in [6.07, 6.45) is 1.92. The highest BCUT2D eigenvalue weighted by Gasteiger charge is 2.43. The Balaban J connectivity index is 1.92. The van der Waals surface area contributed by atoms with Gasteiger partial charge in [-0.25, -0.2) is 0 Å². The molecular formula is C23H24N2O3. The number of hydrogen-bond acceptors (Lipinski definition) is 4. The highest BCUT2D eigenvalue weighted by atomic mass is 16.5. The Hall–Kier alpha value is -2.92. The third kappa shape index (κ3) is 2.43. The first-order chi connectivity index (χ1) is 13.3. The van der Waals surface area contributed by atoms with Gasteiger partial charge in [0.15, 0.2) is 0 Å². The van der Waals surface area contributed by atoms with Crippen molar-refractivity contribution in [1.29, 1.82) is 0 Å². The molecule has 0 saturated carbocycles. The van der Waals surface area contributed by atoms with Crippen molar-refractivity contribution in [2.24, 2.45) is 5.73 Å². The number of nitrogens with two attached hydrogens (primary N) is 1. The Labute approximate surface area is 164 Å². The number of aromatic nitrogens is 1. The van der Waals surface area contributed by atoms with E-state index in [1.54, 1.807) is 4.57 Å². The monoisotopic (exact) mass is 376 g/mol. The molecule has 0 bridgehead atoms. The second kappa shape index (κ2) is 6.31. The molecule has 0 aliphatic carbocycles. The summed E-state index contributed by atoms with van der Waals surface area (Å²) in [5.41, 5.74) is 11.0. The highest BCUT2D eigenvalue weighted by molar-refractivity contribution is 5.89. The van der Waals surface area contributed by atoms with Gasteiger partial charge in [0, 0.05) is 0 Å². The molecule has 2 aromatic rings. The molecule has 0 radical (unpaired) electrons. The quantitative estimate of drug-likeness (QED) is 0.815. The number of carbonyl (C=O) groups excluding carboxylic acids is 1. The summed E-state index contributed by atoms with van der Waals surface area (Å²) in [6.45, 7) is 9.97. The Morgan fingerprint density at radius 2 is 2.07 bits per heavy atom. The summed E-state index contributed by atoms with van der Waals surface area (Å²) in [7, 11) is 0. The summed E-state index contributed by atoms with van der Waals surface area (Å²) in [6, 6.07) is 9.90. The molecule has 0 saturated heterocycles. The molecule has 1 aromatic heterocycles. The van der Waals surface area contributed by atoms with Gasteiger partial charge in [-0.15, -0.1) is 0 Å². The number of hydrogen-bond donors (Lipinski definition) is 1. The fourth-order valence-corrected chi connectivity index (χ4v) is 4.10. The maximum atomic E-state index is 13.3. The fourth-order valence-electron chi connectivity index (χ4n) is 4.10. The molecule has 3 heterocycles. The van der Waals surface area contributed by atoms with E-state index in [0.717, 1.165) is 22.3 Å². The molecular weight excluding hydrogens is 352 g/mol. The van der Waals surface area contributed by atoms with Gasteiger partial charge in [0.2, 0.25) is 0 Å². The molecule has 2 aliphatic heterocycles.